The van der Waals surface area contributed by atoms with Crippen molar-refractivity contribution < 1.29 is 19.1 Å². The van der Waals surface area contributed by atoms with Crippen molar-refractivity contribution in [3.8, 4) is 0 Å². The molecule has 0 bridgehead atoms. The smallest absolute Gasteiger partial charge is 0.350 e. The minimum Gasteiger partial charge on any atom is -0.462 e. The number of amides is 2. The van der Waals surface area contributed by atoms with Crippen LogP contribution in [-0.4, -0.2) is 64.0 Å². The molecule has 0 unspecified atom stereocenters. The predicted octanol–water partition coefficient (Wildman–Crippen LogP) is 1.58. The molecule has 3 aromatic rings. The maximum atomic E-state index is 13.1. The molecule has 1 saturated heterocycles. The third kappa shape index (κ3) is 4.69. The van der Waals surface area contributed by atoms with Crippen LogP contribution in [0.5, 0.6) is 0 Å². The number of esters is 1. The van der Waals surface area contributed by atoms with E-state index in [0.717, 1.165) is 16.9 Å². The second-order valence-electron chi connectivity index (χ2n) is 8.24. The third-order valence-electron chi connectivity index (χ3n) is 5.75. The molecule has 0 spiro atoms. The van der Waals surface area contributed by atoms with Crippen LogP contribution in [0.15, 0.2) is 24.5 Å². The van der Waals surface area contributed by atoms with Gasteiger partial charge >= 0.3 is 5.97 Å². The van der Waals surface area contributed by atoms with E-state index in [9.17, 15) is 14.4 Å². The second-order valence-corrected chi connectivity index (χ2v) is 9.23. The monoisotopic (exact) mass is 508 g/mol. The summed E-state index contributed by atoms with van der Waals surface area (Å²) in [6.45, 7) is 5.22. The largest absolute Gasteiger partial charge is 0.462 e. The summed E-state index contributed by atoms with van der Waals surface area (Å²) in [7, 11) is 0. The molecule has 0 saturated carbocycles. The van der Waals surface area contributed by atoms with E-state index in [1.165, 1.54) is 0 Å². The molecule has 1 fully saturated rings. The summed E-state index contributed by atoms with van der Waals surface area (Å²) in [6, 6.07) is 3.69. The molecule has 0 atom stereocenters. The fraction of sp³-hybridized carbons (Fsp3) is 0.348. The number of pyridine rings is 1. The van der Waals surface area contributed by atoms with Gasteiger partial charge in [-0.1, -0.05) is 11.3 Å². The first-order valence-electron chi connectivity index (χ1n) is 11.5. The summed E-state index contributed by atoms with van der Waals surface area (Å²) in [6.07, 6.45) is 3.48. The summed E-state index contributed by atoms with van der Waals surface area (Å²) >= 11 is 1.14. The summed E-state index contributed by atoms with van der Waals surface area (Å²) in [5.41, 5.74) is 2.12. The summed E-state index contributed by atoms with van der Waals surface area (Å²) in [4.78, 5) is 59.0. The van der Waals surface area contributed by atoms with Crippen LogP contribution in [0, 0.1) is 6.92 Å². The van der Waals surface area contributed by atoms with Gasteiger partial charge in [0.05, 0.1) is 31.8 Å². The number of carbonyl (C=O) groups excluding carboxylic acids is 3. The Balaban J connectivity index is 1.52. The molecule has 2 N–H and O–H groups in total. The zero-order valence-corrected chi connectivity index (χ0v) is 20.6. The van der Waals surface area contributed by atoms with E-state index in [0.29, 0.717) is 52.5 Å². The van der Waals surface area contributed by atoms with Crippen LogP contribution in [0.3, 0.4) is 0 Å². The Kier molecular flexibility index (Phi) is 6.46. The number of hydrogen-bond donors (Lipinski definition) is 2. The quantitative estimate of drug-likeness (QED) is 0.452. The van der Waals surface area contributed by atoms with E-state index >= 15 is 0 Å². The molecule has 0 aliphatic carbocycles. The molecule has 36 heavy (non-hydrogen) atoms. The molecule has 2 aliphatic heterocycles. The van der Waals surface area contributed by atoms with Crippen LogP contribution in [0.4, 0.5) is 22.7 Å². The SMILES string of the molecule is CCOC(=O)c1sc(Nc2nc(N3CCNC(=O)C3)c3c(n2)N(Cc2ccncc2)C(=O)C3)nc1C. The van der Waals surface area contributed by atoms with Crippen molar-refractivity contribution in [1.82, 2.24) is 25.3 Å². The number of rotatable bonds is 7. The van der Waals surface area contributed by atoms with Crippen molar-refractivity contribution in [3.05, 3.63) is 46.2 Å². The molecular formula is C23H24N8O4S. The minimum atomic E-state index is -0.440. The molecule has 12 nitrogen and oxygen atoms in total. The summed E-state index contributed by atoms with van der Waals surface area (Å²) in [5.74, 6) is 0.565. The van der Waals surface area contributed by atoms with E-state index in [1.54, 1.807) is 31.1 Å². The van der Waals surface area contributed by atoms with Crippen molar-refractivity contribution in [2.75, 3.05) is 41.4 Å². The number of hydrogen-bond acceptors (Lipinski definition) is 11. The zero-order chi connectivity index (χ0) is 25.2. The van der Waals surface area contributed by atoms with E-state index in [-0.39, 0.29) is 37.3 Å². The summed E-state index contributed by atoms with van der Waals surface area (Å²) < 4.78 is 5.10. The van der Waals surface area contributed by atoms with Crippen LogP contribution in [-0.2, 0) is 27.3 Å². The van der Waals surface area contributed by atoms with Crippen LogP contribution in [0.1, 0.15) is 33.4 Å². The minimum absolute atomic E-state index is 0.106. The third-order valence-corrected chi connectivity index (χ3v) is 6.81. The molecule has 0 aromatic carbocycles. The molecular weight excluding hydrogens is 484 g/mol. The van der Waals surface area contributed by atoms with Crippen molar-refractivity contribution in [1.29, 1.82) is 0 Å². The first kappa shape index (κ1) is 23.6. The Bertz CT molecular complexity index is 1330. The Morgan fingerprint density at radius 2 is 1.97 bits per heavy atom. The molecule has 2 aliphatic rings. The highest BCUT2D eigenvalue weighted by molar-refractivity contribution is 7.17. The molecule has 2 amide bonds. The number of nitrogens with zero attached hydrogens (tertiary/aromatic N) is 6. The van der Waals surface area contributed by atoms with Crippen molar-refractivity contribution in [2.24, 2.45) is 0 Å². The standard InChI is InChI=1S/C23H24N8O4S/c1-3-35-21(34)18-13(2)26-23(36-18)29-22-27-19(30-9-8-25-16(32)12-30)15-10-17(33)31(20(15)28-22)11-14-4-6-24-7-5-14/h4-7H,3,8-12H2,1-2H3,(H,25,32)(H,26,27,28,29). The lowest BCUT2D eigenvalue weighted by atomic mass is 10.2. The van der Waals surface area contributed by atoms with Gasteiger partial charge < -0.3 is 15.0 Å². The summed E-state index contributed by atoms with van der Waals surface area (Å²) in [5, 5.41) is 6.31. The Labute approximate surface area is 210 Å². The highest BCUT2D eigenvalue weighted by atomic mass is 32.1. The van der Waals surface area contributed by atoms with Gasteiger partial charge in [0.25, 0.3) is 0 Å². The van der Waals surface area contributed by atoms with E-state index in [4.69, 9.17) is 4.74 Å². The first-order valence-corrected chi connectivity index (χ1v) is 12.3. The molecule has 3 aromatic heterocycles. The van der Waals surface area contributed by atoms with Gasteiger partial charge in [-0.2, -0.15) is 9.97 Å². The second kappa shape index (κ2) is 9.85. The number of carbonyl (C=O) groups is 3. The van der Waals surface area contributed by atoms with Gasteiger partial charge in [0.2, 0.25) is 17.8 Å². The molecule has 186 valence electrons. The lowest BCUT2D eigenvalue weighted by Gasteiger charge is -2.29. The lowest BCUT2D eigenvalue weighted by molar-refractivity contribution is -0.120. The average Bonchev–Trinajstić information content (AvgIpc) is 3.38. The van der Waals surface area contributed by atoms with Gasteiger partial charge in [-0.05, 0) is 31.5 Å². The topological polar surface area (TPSA) is 143 Å². The number of piperazine rings is 1. The van der Waals surface area contributed by atoms with Gasteiger partial charge in [-0.3, -0.25) is 24.8 Å². The van der Waals surface area contributed by atoms with Crippen LogP contribution in [0.2, 0.25) is 0 Å². The Morgan fingerprint density at radius 1 is 1.19 bits per heavy atom. The molecule has 13 heteroatoms. The normalized spacial score (nSPS) is 15.1. The van der Waals surface area contributed by atoms with E-state index in [2.05, 4.69) is 30.6 Å². The number of thiazole rings is 1. The maximum Gasteiger partial charge on any atom is 0.350 e. The van der Waals surface area contributed by atoms with Crippen molar-refractivity contribution in [3.63, 3.8) is 0 Å². The van der Waals surface area contributed by atoms with E-state index < -0.39 is 5.97 Å². The lowest BCUT2D eigenvalue weighted by Crippen LogP contribution is -2.48. The van der Waals surface area contributed by atoms with Gasteiger partial charge in [-0.15, -0.1) is 0 Å². The highest BCUT2D eigenvalue weighted by Gasteiger charge is 2.35. The van der Waals surface area contributed by atoms with Crippen LogP contribution in [0.25, 0.3) is 0 Å². The average molecular weight is 509 g/mol. The number of ether oxygens (including phenoxy) is 1. The predicted molar refractivity (Wildman–Crippen MR) is 132 cm³/mol. The van der Waals surface area contributed by atoms with Gasteiger partial charge in [0.15, 0.2) is 5.13 Å². The number of aromatic nitrogens is 4. The molecule has 5 rings (SSSR count). The number of fused-ring (bicyclic) bond motifs is 1. The first-order chi connectivity index (χ1) is 17.4. The van der Waals surface area contributed by atoms with Crippen LogP contribution >= 0.6 is 11.3 Å². The zero-order valence-electron chi connectivity index (χ0n) is 19.8. The number of anilines is 4. The maximum absolute atomic E-state index is 13.1. The highest BCUT2D eigenvalue weighted by Crippen LogP contribution is 2.37. The molecule has 5 heterocycles. The van der Waals surface area contributed by atoms with Gasteiger partial charge in [0.1, 0.15) is 16.5 Å². The van der Waals surface area contributed by atoms with E-state index in [1.807, 2.05) is 17.0 Å². The van der Waals surface area contributed by atoms with Crippen molar-refractivity contribution >= 4 is 51.8 Å². The number of aryl methyl sites for hydroxylation is 1. The molecule has 0 radical (unpaired) electrons. The fourth-order valence-corrected chi connectivity index (χ4v) is 4.96. The van der Waals surface area contributed by atoms with Gasteiger partial charge in [-0.25, -0.2) is 9.78 Å². The Morgan fingerprint density at radius 3 is 2.72 bits per heavy atom. The Hall–Kier alpha value is -4.13. The van der Waals surface area contributed by atoms with Crippen molar-refractivity contribution in [2.45, 2.75) is 26.8 Å². The number of nitrogens with one attached hydrogen (secondary N) is 2. The fourth-order valence-electron chi connectivity index (χ4n) is 4.11. The van der Waals surface area contributed by atoms with Crippen LogP contribution < -0.4 is 20.4 Å². The van der Waals surface area contributed by atoms with Gasteiger partial charge in [0, 0.05) is 31.0 Å².